The number of aromatic nitrogens is 1. The van der Waals surface area contributed by atoms with Gasteiger partial charge in [-0.15, -0.1) is 0 Å². The number of hydrogen-bond donors (Lipinski definition) is 2. The Bertz CT molecular complexity index is 1350. The maximum atomic E-state index is 15.2. The second-order valence-electron chi connectivity index (χ2n) is 10.5. The van der Waals surface area contributed by atoms with Crippen LogP contribution in [0, 0.1) is 19.7 Å². The van der Waals surface area contributed by atoms with Gasteiger partial charge in [0.25, 0.3) is 5.91 Å². The maximum Gasteiger partial charge on any atom is 0.253 e. The lowest BCUT2D eigenvalue weighted by molar-refractivity contribution is 0.0827. The van der Waals surface area contributed by atoms with Crippen LogP contribution in [0.3, 0.4) is 0 Å². The number of aryl methyl sites for hydroxylation is 2. The summed E-state index contributed by atoms with van der Waals surface area (Å²) < 4.78 is 15.2. The number of carbonyl (C=O) groups excluding carboxylic acids is 1. The molecule has 0 aliphatic carbocycles. The van der Waals surface area contributed by atoms with Crippen molar-refractivity contribution in [3.63, 3.8) is 0 Å². The molecule has 8 heteroatoms. The van der Waals surface area contributed by atoms with Crippen LogP contribution < -0.4 is 10.9 Å². The summed E-state index contributed by atoms with van der Waals surface area (Å²) in [6, 6.07) is 5.42. The van der Waals surface area contributed by atoms with E-state index in [4.69, 9.17) is 0 Å². The summed E-state index contributed by atoms with van der Waals surface area (Å²) in [6.07, 6.45) is 11.0. The van der Waals surface area contributed by atoms with E-state index in [1.165, 1.54) is 16.5 Å². The quantitative estimate of drug-likeness (QED) is 0.383. The van der Waals surface area contributed by atoms with Crippen LogP contribution in [0.4, 0.5) is 4.39 Å². The summed E-state index contributed by atoms with van der Waals surface area (Å²) in [6.45, 7) is 17.8. The predicted octanol–water partition coefficient (Wildman–Crippen LogP) is 6.91. The number of carbonyl (C=O) groups is 1. The minimum absolute atomic E-state index is 0.00424. The van der Waals surface area contributed by atoms with Gasteiger partial charge in [0.1, 0.15) is 11.7 Å². The Kier molecular flexibility index (Phi) is 14.0. The van der Waals surface area contributed by atoms with E-state index in [-0.39, 0.29) is 23.8 Å². The van der Waals surface area contributed by atoms with Crippen LogP contribution in [0.2, 0.25) is 0 Å². The number of halogens is 1. The fourth-order valence-electron chi connectivity index (χ4n) is 5.23. The molecule has 2 N–H and O–H groups in total. The number of hydrogen-bond acceptors (Lipinski definition) is 5. The molecule has 7 nitrogen and oxygen atoms in total. The molecule has 0 saturated carbocycles. The van der Waals surface area contributed by atoms with Gasteiger partial charge in [0.15, 0.2) is 0 Å². The Hall–Kier alpha value is -3.62. The van der Waals surface area contributed by atoms with E-state index in [9.17, 15) is 4.79 Å². The average Bonchev–Trinajstić information content (AvgIpc) is 3.03. The smallest absolute Gasteiger partial charge is 0.253 e. The molecule has 0 radical (unpaired) electrons. The minimum Gasteiger partial charge on any atom is -0.345 e. The average molecular weight is 591 g/mol. The highest BCUT2D eigenvalue weighted by atomic mass is 19.1. The molecule has 2 aliphatic rings. The summed E-state index contributed by atoms with van der Waals surface area (Å²) in [4.78, 5) is 24.9. The molecular formula is C35H51FN6O. The van der Waals surface area contributed by atoms with Gasteiger partial charge in [0, 0.05) is 68.9 Å². The minimum atomic E-state index is -0.333. The summed E-state index contributed by atoms with van der Waals surface area (Å²) in [5.74, 6) is 0.270. The number of amidine groups is 1. The van der Waals surface area contributed by atoms with Gasteiger partial charge in [0.05, 0.1) is 6.04 Å². The normalized spacial score (nSPS) is 18.4. The van der Waals surface area contributed by atoms with Crippen molar-refractivity contribution in [1.82, 2.24) is 25.6 Å². The molecule has 3 heterocycles. The molecule has 1 aromatic heterocycles. The molecule has 0 bridgehead atoms. The third kappa shape index (κ3) is 8.71. The number of rotatable bonds is 6. The first-order chi connectivity index (χ1) is 20.6. The SMILES string of the molecule is CC.CC.CN=C1C=CC(c2ccnc(C)c2/C=C(\C)C(C)N2CC=C(c3c(C)cc(C(=O)N(C)C)cc3F)CC2)NN1. The highest BCUT2D eigenvalue weighted by Crippen LogP contribution is 2.31. The first-order valence-electron chi connectivity index (χ1n) is 15.4. The fraction of sp³-hybridized carbons (Fsp3) is 0.457. The molecule has 234 valence electrons. The van der Waals surface area contributed by atoms with Crippen molar-refractivity contribution < 1.29 is 9.18 Å². The number of nitrogens with zero attached hydrogens (tertiary/aromatic N) is 4. The predicted molar refractivity (Wildman–Crippen MR) is 180 cm³/mol. The van der Waals surface area contributed by atoms with Crippen LogP contribution in [-0.4, -0.2) is 66.8 Å². The molecule has 2 aromatic rings. The molecule has 4 rings (SSSR count). The third-order valence-electron chi connectivity index (χ3n) is 7.68. The van der Waals surface area contributed by atoms with Crippen molar-refractivity contribution in [2.75, 3.05) is 34.2 Å². The number of hydrazine groups is 1. The van der Waals surface area contributed by atoms with Crippen molar-refractivity contribution in [3.8, 4) is 0 Å². The van der Waals surface area contributed by atoms with E-state index < -0.39 is 0 Å². The number of amides is 1. The second kappa shape index (κ2) is 16.9. The monoisotopic (exact) mass is 590 g/mol. The number of benzene rings is 1. The van der Waals surface area contributed by atoms with Crippen molar-refractivity contribution in [1.29, 1.82) is 0 Å². The van der Waals surface area contributed by atoms with Gasteiger partial charge in [-0.2, -0.15) is 0 Å². The molecular weight excluding hydrogens is 539 g/mol. The fourth-order valence-corrected chi connectivity index (χ4v) is 5.23. The second-order valence-corrected chi connectivity index (χ2v) is 10.5. The third-order valence-corrected chi connectivity index (χ3v) is 7.68. The van der Waals surface area contributed by atoms with Gasteiger partial charge in [-0.25, -0.2) is 9.82 Å². The van der Waals surface area contributed by atoms with E-state index in [0.717, 1.165) is 53.3 Å². The topological polar surface area (TPSA) is 72.9 Å². The summed E-state index contributed by atoms with van der Waals surface area (Å²) >= 11 is 0. The number of pyridine rings is 1. The lowest BCUT2D eigenvalue weighted by Gasteiger charge is -2.33. The van der Waals surface area contributed by atoms with Crippen LogP contribution in [0.15, 0.2) is 53.2 Å². The van der Waals surface area contributed by atoms with Crippen molar-refractivity contribution >= 4 is 23.4 Å². The van der Waals surface area contributed by atoms with Crippen molar-refractivity contribution in [2.24, 2.45) is 4.99 Å². The molecule has 2 atom stereocenters. The summed E-state index contributed by atoms with van der Waals surface area (Å²) in [5, 5.41) is 0. The maximum absolute atomic E-state index is 15.2. The Morgan fingerprint density at radius 3 is 2.44 bits per heavy atom. The molecule has 0 saturated heterocycles. The lowest BCUT2D eigenvalue weighted by atomic mass is 9.92. The van der Waals surface area contributed by atoms with Crippen LogP contribution in [-0.2, 0) is 0 Å². The molecule has 0 spiro atoms. The largest absolute Gasteiger partial charge is 0.345 e. The molecule has 0 fully saturated rings. The zero-order valence-electron chi connectivity index (χ0n) is 28.0. The Labute approximate surface area is 258 Å². The summed E-state index contributed by atoms with van der Waals surface area (Å²) in [7, 11) is 5.10. The van der Waals surface area contributed by atoms with E-state index in [0.29, 0.717) is 11.1 Å². The van der Waals surface area contributed by atoms with Gasteiger partial charge in [-0.1, -0.05) is 51.5 Å². The van der Waals surface area contributed by atoms with E-state index in [2.05, 4.69) is 63.9 Å². The van der Waals surface area contributed by atoms with Gasteiger partial charge in [-0.05, 0) is 75.1 Å². The summed E-state index contributed by atoms with van der Waals surface area (Å²) in [5.41, 5.74) is 13.7. The highest BCUT2D eigenvalue weighted by Gasteiger charge is 2.24. The first-order valence-corrected chi connectivity index (χ1v) is 15.4. The zero-order valence-corrected chi connectivity index (χ0v) is 28.0. The van der Waals surface area contributed by atoms with Crippen LogP contribution in [0.25, 0.3) is 11.6 Å². The first kappa shape index (κ1) is 35.6. The van der Waals surface area contributed by atoms with E-state index >= 15 is 4.39 Å². The Balaban J connectivity index is 0.00000155. The molecule has 2 unspecified atom stereocenters. The highest BCUT2D eigenvalue weighted by molar-refractivity contribution is 5.95. The van der Waals surface area contributed by atoms with Crippen molar-refractivity contribution in [2.45, 2.75) is 73.9 Å². The Morgan fingerprint density at radius 1 is 1.21 bits per heavy atom. The Morgan fingerprint density at radius 2 is 1.91 bits per heavy atom. The van der Waals surface area contributed by atoms with Crippen LogP contribution in [0.5, 0.6) is 0 Å². The molecule has 2 aliphatic heterocycles. The van der Waals surface area contributed by atoms with Gasteiger partial charge >= 0.3 is 0 Å². The number of nitrogens with one attached hydrogen (secondary N) is 2. The standard InChI is InChI=1S/C31H39FN6O.2C2H6/c1-19(17-26-21(3)34-13-10-25(26)28-8-9-29(33-5)36-35-28)22(4)38-14-11-23(12-15-38)30-20(2)16-24(18-27(30)32)31(39)37(6)7;2*1-2/h8-11,13,16-18,22,28,35H,12,14-15H2,1-7H3,(H,33,36);2*1-2H3/b19-17+;;. The van der Waals surface area contributed by atoms with Gasteiger partial charge in [0.2, 0.25) is 0 Å². The molecule has 1 aromatic carbocycles. The van der Waals surface area contributed by atoms with Crippen LogP contribution in [0.1, 0.15) is 92.3 Å². The van der Waals surface area contributed by atoms with Crippen LogP contribution >= 0.6 is 0 Å². The van der Waals surface area contributed by atoms with Crippen molar-refractivity contribution in [3.05, 3.63) is 87.5 Å². The number of aliphatic imine (C=N–C) groups is 1. The molecule has 1 amide bonds. The van der Waals surface area contributed by atoms with Gasteiger partial charge in [-0.3, -0.25) is 19.7 Å². The lowest BCUT2D eigenvalue weighted by Crippen LogP contribution is -2.42. The van der Waals surface area contributed by atoms with Gasteiger partial charge < -0.3 is 10.3 Å². The van der Waals surface area contributed by atoms with E-state index in [1.807, 2.05) is 53.8 Å². The van der Waals surface area contributed by atoms with E-state index in [1.54, 1.807) is 27.2 Å². The molecule has 43 heavy (non-hydrogen) atoms. The zero-order chi connectivity index (χ0) is 32.3.